The highest BCUT2D eigenvalue weighted by molar-refractivity contribution is 7.80. The van der Waals surface area contributed by atoms with E-state index in [9.17, 15) is 4.79 Å². The first-order chi connectivity index (χ1) is 11.8. The Bertz CT molecular complexity index is 824. The summed E-state index contributed by atoms with van der Waals surface area (Å²) in [5, 5.41) is 6.15. The van der Waals surface area contributed by atoms with Crippen molar-refractivity contribution in [2.45, 2.75) is 13.8 Å². The van der Waals surface area contributed by atoms with Crippen LogP contribution in [-0.4, -0.2) is 25.2 Å². The van der Waals surface area contributed by atoms with Crippen LogP contribution in [-0.2, 0) is 0 Å². The third-order valence-corrected chi connectivity index (χ3v) is 4.08. The van der Waals surface area contributed by atoms with Crippen molar-refractivity contribution in [2.75, 3.05) is 19.5 Å². The number of carbonyl (C=O) groups excluding carboxylic acids is 1. The van der Waals surface area contributed by atoms with Crippen molar-refractivity contribution < 1.29 is 14.3 Å². The smallest absolute Gasteiger partial charge is 0.257 e. The first-order valence-corrected chi connectivity index (χ1v) is 8.25. The maximum absolute atomic E-state index is 12.4. The van der Waals surface area contributed by atoms with Crippen molar-refractivity contribution in [2.24, 2.45) is 0 Å². The second-order valence-corrected chi connectivity index (χ2v) is 6.23. The summed E-state index contributed by atoms with van der Waals surface area (Å²) in [6, 6.07) is 8.85. The maximum Gasteiger partial charge on any atom is 0.257 e. The average Bonchev–Trinajstić information content (AvgIpc) is 2.55. The number of hydrogen-bond acceptors (Lipinski definition) is 4. The van der Waals surface area contributed by atoms with Gasteiger partial charge in [-0.1, -0.05) is 29.3 Å². The third-order valence-electron chi connectivity index (χ3n) is 3.58. The Kier molecular flexibility index (Phi) is 6.22. The number of hydrogen-bond donors (Lipinski definition) is 2. The Hall–Kier alpha value is -2.31. The summed E-state index contributed by atoms with van der Waals surface area (Å²) in [6.07, 6.45) is 0. The monoisotopic (exact) mass is 378 g/mol. The van der Waals surface area contributed by atoms with Crippen molar-refractivity contribution in [3.63, 3.8) is 0 Å². The second-order valence-electron chi connectivity index (χ2n) is 5.41. The van der Waals surface area contributed by atoms with E-state index in [0.717, 1.165) is 11.1 Å². The molecule has 0 unspecified atom stereocenters. The van der Waals surface area contributed by atoms with Crippen LogP contribution < -0.4 is 20.1 Å². The van der Waals surface area contributed by atoms with Gasteiger partial charge in [-0.05, 0) is 37.7 Å². The number of nitrogens with one attached hydrogen (secondary N) is 2. The van der Waals surface area contributed by atoms with Crippen LogP contribution in [0.25, 0.3) is 0 Å². The quantitative estimate of drug-likeness (QED) is 0.784. The molecule has 0 fully saturated rings. The Morgan fingerprint density at radius 2 is 1.76 bits per heavy atom. The molecule has 25 heavy (non-hydrogen) atoms. The molecule has 0 aliphatic heterocycles. The molecule has 0 atom stereocenters. The van der Waals surface area contributed by atoms with Crippen LogP contribution in [0.2, 0.25) is 5.02 Å². The summed E-state index contributed by atoms with van der Waals surface area (Å²) in [4.78, 5) is 12.4. The number of halogens is 1. The first kappa shape index (κ1) is 19.0. The predicted molar refractivity (Wildman–Crippen MR) is 104 cm³/mol. The molecule has 0 aliphatic carbocycles. The van der Waals surface area contributed by atoms with E-state index in [-0.39, 0.29) is 11.0 Å². The number of aryl methyl sites for hydroxylation is 2. The summed E-state index contributed by atoms with van der Waals surface area (Å²) < 4.78 is 10.5. The standard InChI is InChI=1S/C18H19ClN2O3S/c1-10-5-6-12(11(2)7-10)17(22)21-18(25)20-14-9-15(23-3)13(19)8-16(14)24-4/h5-9H,1-4H3,(H2,20,21,22,25). The molecule has 1 amide bonds. The number of ether oxygens (including phenoxy) is 2. The van der Waals surface area contributed by atoms with Gasteiger partial charge in [0.15, 0.2) is 5.11 Å². The van der Waals surface area contributed by atoms with Gasteiger partial charge in [-0.2, -0.15) is 0 Å². The zero-order valence-electron chi connectivity index (χ0n) is 14.4. The summed E-state index contributed by atoms with van der Waals surface area (Å²) in [7, 11) is 3.03. The molecule has 2 N–H and O–H groups in total. The fourth-order valence-corrected chi connectivity index (χ4v) is 2.78. The van der Waals surface area contributed by atoms with E-state index >= 15 is 0 Å². The number of benzene rings is 2. The molecule has 2 aromatic carbocycles. The van der Waals surface area contributed by atoms with Crippen molar-refractivity contribution in [1.29, 1.82) is 0 Å². The van der Waals surface area contributed by atoms with E-state index in [1.807, 2.05) is 26.0 Å². The van der Waals surface area contributed by atoms with E-state index in [1.165, 1.54) is 14.2 Å². The van der Waals surface area contributed by atoms with E-state index in [0.29, 0.717) is 27.8 Å². The van der Waals surface area contributed by atoms with Crippen molar-refractivity contribution in [3.05, 3.63) is 52.0 Å². The minimum absolute atomic E-state index is 0.146. The van der Waals surface area contributed by atoms with E-state index in [2.05, 4.69) is 10.6 Å². The van der Waals surface area contributed by atoms with Crippen LogP contribution in [0.15, 0.2) is 30.3 Å². The molecule has 132 valence electrons. The average molecular weight is 379 g/mol. The lowest BCUT2D eigenvalue weighted by molar-refractivity contribution is 0.0977. The summed E-state index contributed by atoms with van der Waals surface area (Å²) in [6.45, 7) is 3.85. The van der Waals surface area contributed by atoms with Gasteiger partial charge >= 0.3 is 0 Å². The van der Waals surface area contributed by atoms with Crippen LogP contribution >= 0.6 is 23.8 Å². The number of methoxy groups -OCH3 is 2. The van der Waals surface area contributed by atoms with Gasteiger partial charge in [0.2, 0.25) is 0 Å². The molecular formula is C18H19ClN2O3S. The molecule has 0 aromatic heterocycles. The van der Waals surface area contributed by atoms with Crippen LogP contribution in [0, 0.1) is 13.8 Å². The van der Waals surface area contributed by atoms with E-state index < -0.39 is 0 Å². The van der Waals surface area contributed by atoms with Gasteiger partial charge in [0.1, 0.15) is 11.5 Å². The van der Waals surface area contributed by atoms with Gasteiger partial charge < -0.3 is 14.8 Å². The molecule has 0 radical (unpaired) electrons. The summed E-state index contributed by atoms with van der Waals surface area (Å²) in [5.74, 6) is 0.664. The van der Waals surface area contributed by atoms with Gasteiger partial charge in [0, 0.05) is 17.7 Å². The topological polar surface area (TPSA) is 59.6 Å². The normalized spacial score (nSPS) is 10.1. The summed E-state index contributed by atoms with van der Waals surface area (Å²) >= 11 is 11.3. The van der Waals surface area contributed by atoms with Gasteiger partial charge in [-0.3, -0.25) is 10.1 Å². The molecule has 0 saturated heterocycles. The Balaban J connectivity index is 2.16. The number of amides is 1. The lowest BCUT2D eigenvalue weighted by atomic mass is 10.1. The maximum atomic E-state index is 12.4. The van der Waals surface area contributed by atoms with Crippen LogP contribution in [0.3, 0.4) is 0 Å². The second kappa shape index (κ2) is 8.18. The number of carbonyl (C=O) groups is 1. The molecule has 7 heteroatoms. The molecule has 2 rings (SSSR count). The zero-order valence-corrected chi connectivity index (χ0v) is 16.0. The van der Waals surface area contributed by atoms with Crippen LogP contribution in [0.1, 0.15) is 21.5 Å². The van der Waals surface area contributed by atoms with Crippen molar-refractivity contribution >= 4 is 40.5 Å². The van der Waals surface area contributed by atoms with Crippen molar-refractivity contribution in [1.82, 2.24) is 5.32 Å². The minimum Gasteiger partial charge on any atom is -0.495 e. The molecular weight excluding hydrogens is 360 g/mol. The van der Waals surface area contributed by atoms with Gasteiger partial charge in [-0.25, -0.2) is 0 Å². The van der Waals surface area contributed by atoms with Gasteiger partial charge in [0.25, 0.3) is 5.91 Å². The first-order valence-electron chi connectivity index (χ1n) is 7.46. The number of thiocarbonyl (C=S) groups is 1. The molecule has 5 nitrogen and oxygen atoms in total. The Labute approximate surface area is 157 Å². The largest absolute Gasteiger partial charge is 0.495 e. The van der Waals surface area contributed by atoms with Crippen LogP contribution in [0.4, 0.5) is 5.69 Å². The molecule has 0 bridgehead atoms. The van der Waals surface area contributed by atoms with E-state index in [4.69, 9.17) is 33.3 Å². The number of anilines is 1. The zero-order chi connectivity index (χ0) is 18.6. The molecule has 0 heterocycles. The van der Waals surface area contributed by atoms with E-state index in [1.54, 1.807) is 18.2 Å². The fraction of sp³-hybridized carbons (Fsp3) is 0.222. The highest BCUT2D eigenvalue weighted by atomic mass is 35.5. The Morgan fingerprint density at radius 1 is 1.08 bits per heavy atom. The lowest BCUT2D eigenvalue weighted by Crippen LogP contribution is -2.34. The fourth-order valence-electron chi connectivity index (χ4n) is 2.35. The molecule has 2 aromatic rings. The highest BCUT2D eigenvalue weighted by Gasteiger charge is 2.14. The predicted octanol–water partition coefficient (Wildman–Crippen LogP) is 4.10. The SMILES string of the molecule is COc1cc(NC(=S)NC(=O)c2ccc(C)cc2C)c(OC)cc1Cl. The highest BCUT2D eigenvalue weighted by Crippen LogP contribution is 2.35. The molecule has 0 saturated carbocycles. The summed E-state index contributed by atoms with van der Waals surface area (Å²) in [5.41, 5.74) is 3.07. The van der Waals surface area contributed by atoms with Crippen LogP contribution in [0.5, 0.6) is 11.5 Å². The molecule has 0 spiro atoms. The van der Waals surface area contributed by atoms with Gasteiger partial charge in [0.05, 0.1) is 24.9 Å². The number of rotatable bonds is 4. The van der Waals surface area contributed by atoms with Crippen molar-refractivity contribution in [3.8, 4) is 11.5 Å². The third kappa shape index (κ3) is 4.61. The van der Waals surface area contributed by atoms with Gasteiger partial charge in [-0.15, -0.1) is 0 Å². The Morgan fingerprint density at radius 3 is 2.36 bits per heavy atom. The minimum atomic E-state index is -0.283. The molecule has 0 aliphatic rings. The lowest BCUT2D eigenvalue weighted by Gasteiger charge is -2.15.